The molecule has 4 heteroatoms. The normalized spacial score (nSPS) is 19.3. The first kappa shape index (κ1) is 13.1. The molecular formula is C14H17ClN2O. The molecule has 1 aliphatic rings. The Hall–Kier alpha value is -1.32. The van der Waals surface area contributed by atoms with E-state index in [1.54, 1.807) is 12.2 Å². The fourth-order valence-corrected chi connectivity index (χ4v) is 2.09. The van der Waals surface area contributed by atoms with Crippen molar-refractivity contribution in [1.29, 1.82) is 0 Å². The molecule has 1 atom stereocenters. The Labute approximate surface area is 112 Å². The van der Waals surface area contributed by atoms with Gasteiger partial charge in [-0.1, -0.05) is 23.7 Å². The van der Waals surface area contributed by atoms with E-state index in [9.17, 15) is 4.79 Å². The van der Waals surface area contributed by atoms with Gasteiger partial charge in [0.25, 0.3) is 0 Å². The maximum absolute atomic E-state index is 11.6. The van der Waals surface area contributed by atoms with Gasteiger partial charge in [0.1, 0.15) is 0 Å². The van der Waals surface area contributed by atoms with Crippen molar-refractivity contribution >= 4 is 23.6 Å². The molecule has 1 aromatic rings. The van der Waals surface area contributed by atoms with Crippen molar-refractivity contribution in [2.75, 3.05) is 13.1 Å². The molecule has 1 fully saturated rings. The molecule has 1 saturated heterocycles. The summed E-state index contributed by atoms with van der Waals surface area (Å²) >= 11 is 5.79. The van der Waals surface area contributed by atoms with Gasteiger partial charge in [-0.2, -0.15) is 0 Å². The highest BCUT2D eigenvalue weighted by molar-refractivity contribution is 6.30. The van der Waals surface area contributed by atoms with Crippen LogP contribution in [0.1, 0.15) is 18.4 Å². The number of amides is 1. The van der Waals surface area contributed by atoms with Crippen LogP contribution in [0, 0.1) is 0 Å². The first-order valence-electron chi connectivity index (χ1n) is 6.19. The van der Waals surface area contributed by atoms with Gasteiger partial charge < -0.3 is 10.6 Å². The van der Waals surface area contributed by atoms with Crippen molar-refractivity contribution in [2.45, 2.75) is 18.9 Å². The standard InChI is InChI=1S/C14H17ClN2O/c15-12-6-3-11(4-7-12)5-8-14(18)17-10-13-2-1-9-16-13/h3-8,13,16H,1-2,9-10H2,(H,17,18). The zero-order valence-electron chi connectivity index (χ0n) is 10.2. The van der Waals surface area contributed by atoms with Crippen molar-refractivity contribution in [3.8, 4) is 0 Å². The molecule has 1 aromatic carbocycles. The summed E-state index contributed by atoms with van der Waals surface area (Å²) in [6.07, 6.45) is 5.67. The molecule has 2 rings (SSSR count). The zero-order chi connectivity index (χ0) is 12.8. The van der Waals surface area contributed by atoms with Crippen molar-refractivity contribution < 1.29 is 4.79 Å². The summed E-state index contributed by atoms with van der Waals surface area (Å²) in [5, 5.41) is 6.93. The van der Waals surface area contributed by atoms with Crippen LogP contribution in [0.4, 0.5) is 0 Å². The Morgan fingerprint density at radius 2 is 2.22 bits per heavy atom. The minimum Gasteiger partial charge on any atom is -0.351 e. The lowest BCUT2D eigenvalue weighted by atomic mass is 10.2. The van der Waals surface area contributed by atoms with E-state index in [0.29, 0.717) is 17.6 Å². The van der Waals surface area contributed by atoms with Crippen LogP contribution in [0.3, 0.4) is 0 Å². The Bertz CT molecular complexity index is 422. The highest BCUT2D eigenvalue weighted by Crippen LogP contribution is 2.10. The molecule has 0 aliphatic carbocycles. The van der Waals surface area contributed by atoms with Crippen molar-refractivity contribution in [1.82, 2.24) is 10.6 Å². The minimum atomic E-state index is -0.0568. The van der Waals surface area contributed by atoms with Gasteiger partial charge in [0.15, 0.2) is 0 Å². The van der Waals surface area contributed by atoms with Crippen molar-refractivity contribution in [3.63, 3.8) is 0 Å². The van der Waals surface area contributed by atoms with Crippen molar-refractivity contribution in [2.24, 2.45) is 0 Å². The van der Waals surface area contributed by atoms with E-state index < -0.39 is 0 Å². The van der Waals surface area contributed by atoms with Crippen LogP contribution in [0.25, 0.3) is 6.08 Å². The number of hydrogen-bond donors (Lipinski definition) is 2. The molecule has 18 heavy (non-hydrogen) atoms. The zero-order valence-corrected chi connectivity index (χ0v) is 10.9. The lowest BCUT2D eigenvalue weighted by molar-refractivity contribution is -0.116. The predicted octanol–water partition coefficient (Wildman–Crippen LogP) is 2.22. The lowest BCUT2D eigenvalue weighted by Gasteiger charge is -2.09. The fraction of sp³-hybridized carbons (Fsp3) is 0.357. The summed E-state index contributed by atoms with van der Waals surface area (Å²) in [5.74, 6) is -0.0568. The Kier molecular flexibility index (Phi) is 4.79. The molecule has 0 aromatic heterocycles. The molecular weight excluding hydrogens is 248 g/mol. The maximum Gasteiger partial charge on any atom is 0.244 e. The van der Waals surface area contributed by atoms with E-state index in [0.717, 1.165) is 18.5 Å². The third-order valence-electron chi connectivity index (χ3n) is 2.98. The summed E-state index contributed by atoms with van der Waals surface area (Å²) in [5.41, 5.74) is 0.966. The van der Waals surface area contributed by atoms with E-state index in [1.807, 2.05) is 24.3 Å². The predicted molar refractivity (Wildman–Crippen MR) is 74.5 cm³/mol. The molecule has 2 N–H and O–H groups in total. The van der Waals surface area contributed by atoms with Gasteiger partial charge in [-0.05, 0) is 43.2 Å². The van der Waals surface area contributed by atoms with Gasteiger partial charge in [-0.25, -0.2) is 0 Å². The Morgan fingerprint density at radius 1 is 1.44 bits per heavy atom. The molecule has 0 bridgehead atoms. The fourth-order valence-electron chi connectivity index (χ4n) is 1.96. The van der Waals surface area contributed by atoms with E-state index in [1.165, 1.54) is 6.42 Å². The number of halogens is 1. The molecule has 3 nitrogen and oxygen atoms in total. The van der Waals surface area contributed by atoms with Crippen LogP contribution < -0.4 is 10.6 Å². The Morgan fingerprint density at radius 3 is 2.89 bits per heavy atom. The largest absolute Gasteiger partial charge is 0.351 e. The second-order valence-corrected chi connectivity index (χ2v) is 4.86. The second kappa shape index (κ2) is 6.57. The maximum atomic E-state index is 11.6. The minimum absolute atomic E-state index is 0.0568. The number of benzene rings is 1. The van der Waals surface area contributed by atoms with Crippen LogP contribution in [-0.2, 0) is 4.79 Å². The smallest absolute Gasteiger partial charge is 0.244 e. The first-order valence-corrected chi connectivity index (χ1v) is 6.57. The van der Waals surface area contributed by atoms with Crippen LogP contribution in [0.2, 0.25) is 5.02 Å². The molecule has 1 amide bonds. The number of nitrogens with one attached hydrogen (secondary N) is 2. The number of hydrogen-bond acceptors (Lipinski definition) is 2. The summed E-state index contributed by atoms with van der Waals surface area (Å²) < 4.78 is 0. The third kappa shape index (κ3) is 4.17. The molecule has 1 unspecified atom stereocenters. The van der Waals surface area contributed by atoms with E-state index >= 15 is 0 Å². The lowest BCUT2D eigenvalue weighted by Crippen LogP contribution is -2.36. The molecule has 0 spiro atoms. The quantitative estimate of drug-likeness (QED) is 0.819. The summed E-state index contributed by atoms with van der Waals surface area (Å²) in [6.45, 7) is 1.75. The monoisotopic (exact) mass is 264 g/mol. The van der Waals surface area contributed by atoms with E-state index in [4.69, 9.17) is 11.6 Å². The van der Waals surface area contributed by atoms with Crippen LogP contribution in [0.5, 0.6) is 0 Å². The molecule has 0 saturated carbocycles. The summed E-state index contributed by atoms with van der Waals surface area (Å²) in [6, 6.07) is 7.80. The highest BCUT2D eigenvalue weighted by atomic mass is 35.5. The summed E-state index contributed by atoms with van der Waals surface area (Å²) in [7, 11) is 0. The second-order valence-electron chi connectivity index (χ2n) is 4.42. The van der Waals surface area contributed by atoms with Crippen molar-refractivity contribution in [3.05, 3.63) is 40.9 Å². The van der Waals surface area contributed by atoms with E-state index in [2.05, 4.69) is 10.6 Å². The topological polar surface area (TPSA) is 41.1 Å². The van der Waals surface area contributed by atoms with Gasteiger partial charge in [-0.15, -0.1) is 0 Å². The van der Waals surface area contributed by atoms with Crippen LogP contribution in [-0.4, -0.2) is 25.0 Å². The Balaban J connectivity index is 1.77. The SMILES string of the molecule is O=C(C=Cc1ccc(Cl)cc1)NCC1CCCN1. The third-order valence-corrected chi connectivity index (χ3v) is 3.23. The van der Waals surface area contributed by atoms with Gasteiger partial charge >= 0.3 is 0 Å². The van der Waals surface area contributed by atoms with E-state index in [-0.39, 0.29) is 5.91 Å². The first-order chi connectivity index (χ1) is 8.74. The average Bonchev–Trinajstić information content (AvgIpc) is 2.89. The van der Waals surface area contributed by atoms with Crippen LogP contribution >= 0.6 is 11.6 Å². The molecule has 0 radical (unpaired) electrons. The summed E-state index contributed by atoms with van der Waals surface area (Å²) in [4.78, 5) is 11.6. The van der Waals surface area contributed by atoms with Gasteiger partial charge in [0, 0.05) is 23.7 Å². The average molecular weight is 265 g/mol. The van der Waals surface area contributed by atoms with Crippen LogP contribution in [0.15, 0.2) is 30.3 Å². The molecule has 1 heterocycles. The van der Waals surface area contributed by atoms with Gasteiger partial charge in [0.2, 0.25) is 5.91 Å². The number of rotatable bonds is 4. The van der Waals surface area contributed by atoms with Gasteiger partial charge in [-0.3, -0.25) is 4.79 Å². The van der Waals surface area contributed by atoms with Gasteiger partial charge in [0.05, 0.1) is 0 Å². The number of carbonyl (C=O) groups excluding carboxylic acids is 1. The molecule has 96 valence electrons. The highest BCUT2D eigenvalue weighted by Gasteiger charge is 2.13. The number of carbonyl (C=O) groups is 1. The molecule has 1 aliphatic heterocycles.